The molecular weight excluding hydrogens is 460 g/mol. The van der Waals surface area contributed by atoms with Gasteiger partial charge >= 0.3 is 0 Å². The molecule has 1 aromatic heterocycles. The number of carbonyl (C=O) groups excluding carboxylic acids is 2. The van der Waals surface area contributed by atoms with Gasteiger partial charge in [0, 0.05) is 23.5 Å². The van der Waals surface area contributed by atoms with Crippen LogP contribution >= 0.6 is 11.3 Å². The summed E-state index contributed by atoms with van der Waals surface area (Å²) in [5, 5.41) is 1.77. The minimum absolute atomic E-state index is 0.0288. The van der Waals surface area contributed by atoms with Crippen molar-refractivity contribution in [1.82, 2.24) is 4.90 Å². The van der Waals surface area contributed by atoms with Gasteiger partial charge in [0.2, 0.25) is 5.91 Å². The Morgan fingerprint density at radius 1 is 1.03 bits per heavy atom. The average molecular weight is 485 g/mol. The molecular formula is C24H24N2O5S2. The van der Waals surface area contributed by atoms with Gasteiger partial charge < -0.3 is 9.64 Å². The summed E-state index contributed by atoms with van der Waals surface area (Å²) in [5.74, 6) is -0.0720. The van der Waals surface area contributed by atoms with E-state index in [1.807, 2.05) is 6.07 Å². The molecule has 0 spiro atoms. The van der Waals surface area contributed by atoms with Crippen LogP contribution in [0.1, 0.15) is 22.2 Å². The lowest BCUT2D eigenvalue weighted by Gasteiger charge is -2.26. The SMILES string of the molecule is CC(=O)c1cccc(-c2ccc(S(=O)(=O)Nc3ccsc3CC(=O)N3CCOCC3)cc2)c1. The van der Waals surface area contributed by atoms with Crippen LogP contribution in [0.25, 0.3) is 11.1 Å². The van der Waals surface area contributed by atoms with Crippen LogP contribution in [0.2, 0.25) is 0 Å². The summed E-state index contributed by atoms with van der Waals surface area (Å²) in [6, 6.07) is 15.4. The Bertz CT molecular complexity index is 1260. The molecule has 1 amide bonds. The van der Waals surface area contributed by atoms with Gasteiger partial charge in [-0.3, -0.25) is 14.3 Å². The Kier molecular flexibility index (Phi) is 6.92. The first-order chi connectivity index (χ1) is 15.8. The van der Waals surface area contributed by atoms with Crippen LogP contribution in [0.5, 0.6) is 0 Å². The number of sulfonamides is 1. The summed E-state index contributed by atoms with van der Waals surface area (Å²) in [6.45, 7) is 3.64. The Morgan fingerprint density at radius 2 is 1.76 bits per heavy atom. The maximum Gasteiger partial charge on any atom is 0.261 e. The third kappa shape index (κ3) is 5.50. The Labute approximate surface area is 197 Å². The largest absolute Gasteiger partial charge is 0.378 e. The molecule has 0 atom stereocenters. The van der Waals surface area contributed by atoms with Gasteiger partial charge in [-0.25, -0.2) is 8.42 Å². The molecule has 1 N–H and O–H groups in total. The van der Waals surface area contributed by atoms with E-state index in [1.165, 1.54) is 30.4 Å². The van der Waals surface area contributed by atoms with E-state index in [0.717, 1.165) is 11.1 Å². The third-order valence-corrected chi connectivity index (χ3v) is 7.73. The van der Waals surface area contributed by atoms with Gasteiger partial charge in [-0.2, -0.15) is 0 Å². The minimum Gasteiger partial charge on any atom is -0.378 e. The van der Waals surface area contributed by atoms with Crippen LogP contribution in [0.4, 0.5) is 5.69 Å². The van der Waals surface area contributed by atoms with E-state index >= 15 is 0 Å². The zero-order chi connectivity index (χ0) is 23.4. The first-order valence-corrected chi connectivity index (χ1v) is 12.9. The maximum absolute atomic E-state index is 13.0. The standard InChI is InChI=1S/C24H24N2O5S2/c1-17(27)19-3-2-4-20(15-19)18-5-7-21(8-6-18)33(29,30)25-22-9-14-32-23(22)16-24(28)26-10-12-31-13-11-26/h2-9,14-15,25H,10-13,16H2,1H3. The van der Waals surface area contributed by atoms with Crippen LogP contribution in [-0.2, 0) is 26.0 Å². The quantitative estimate of drug-likeness (QED) is 0.515. The van der Waals surface area contributed by atoms with Crippen molar-refractivity contribution in [3.8, 4) is 11.1 Å². The van der Waals surface area contributed by atoms with E-state index in [9.17, 15) is 18.0 Å². The lowest BCUT2D eigenvalue weighted by Crippen LogP contribution is -2.41. The molecule has 172 valence electrons. The summed E-state index contributed by atoms with van der Waals surface area (Å²) < 4.78 is 33.8. The number of carbonyl (C=O) groups is 2. The van der Waals surface area contributed by atoms with Gasteiger partial charge in [-0.1, -0.05) is 30.3 Å². The molecule has 1 aliphatic heterocycles. The van der Waals surface area contributed by atoms with E-state index in [4.69, 9.17) is 4.74 Å². The first-order valence-electron chi connectivity index (χ1n) is 10.5. The maximum atomic E-state index is 13.0. The Hall–Kier alpha value is -3.01. The Morgan fingerprint density at radius 3 is 2.45 bits per heavy atom. The number of Topliss-reactive ketones (excluding diaryl/α,β-unsaturated/α-hetero) is 1. The number of nitrogens with one attached hydrogen (secondary N) is 1. The van der Waals surface area contributed by atoms with Crippen molar-refractivity contribution in [3.05, 3.63) is 70.4 Å². The number of anilines is 1. The fourth-order valence-electron chi connectivity index (χ4n) is 3.58. The number of hydrogen-bond donors (Lipinski definition) is 1. The number of hydrogen-bond acceptors (Lipinski definition) is 6. The highest BCUT2D eigenvalue weighted by Gasteiger charge is 2.21. The van der Waals surface area contributed by atoms with Crippen LogP contribution in [0, 0.1) is 0 Å². The van der Waals surface area contributed by atoms with Crippen molar-refractivity contribution in [2.24, 2.45) is 0 Å². The second kappa shape index (κ2) is 9.86. The van der Waals surface area contributed by atoms with E-state index < -0.39 is 10.0 Å². The average Bonchev–Trinajstić information content (AvgIpc) is 3.25. The molecule has 0 radical (unpaired) electrons. The summed E-state index contributed by atoms with van der Waals surface area (Å²) >= 11 is 1.35. The van der Waals surface area contributed by atoms with Crippen molar-refractivity contribution in [2.75, 3.05) is 31.0 Å². The van der Waals surface area contributed by atoms with E-state index in [-0.39, 0.29) is 23.0 Å². The number of amides is 1. The van der Waals surface area contributed by atoms with Gasteiger partial charge in [0.1, 0.15) is 0 Å². The smallest absolute Gasteiger partial charge is 0.261 e. The van der Waals surface area contributed by atoms with Crippen molar-refractivity contribution in [1.29, 1.82) is 0 Å². The van der Waals surface area contributed by atoms with Gasteiger partial charge in [-0.15, -0.1) is 11.3 Å². The topological polar surface area (TPSA) is 92.8 Å². The molecule has 4 rings (SSSR count). The number of ketones is 1. The van der Waals surface area contributed by atoms with Crippen LogP contribution in [0.3, 0.4) is 0 Å². The number of nitrogens with zero attached hydrogens (tertiary/aromatic N) is 1. The predicted molar refractivity (Wildman–Crippen MR) is 128 cm³/mol. The molecule has 3 aromatic rings. The second-order valence-corrected chi connectivity index (χ2v) is 10.4. The van der Waals surface area contributed by atoms with Crippen LogP contribution in [-0.4, -0.2) is 51.3 Å². The highest BCUT2D eigenvalue weighted by Crippen LogP contribution is 2.28. The zero-order valence-corrected chi connectivity index (χ0v) is 19.7. The van der Waals surface area contributed by atoms with Crippen LogP contribution in [0.15, 0.2) is 64.9 Å². The molecule has 7 nitrogen and oxygen atoms in total. The van der Waals surface area contributed by atoms with E-state index in [1.54, 1.807) is 46.7 Å². The molecule has 1 aliphatic rings. The molecule has 0 unspecified atom stereocenters. The molecule has 9 heteroatoms. The van der Waals surface area contributed by atoms with Crippen LogP contribution < -0.4 is 4.72 Å². The lowest BCUT2D eigenvalue weighted by molar-refractivity contribution is -0.134. The first kappa shape index (κ1) is 23.2. The van der Waals surface area contributed by atoms with Crippen molar-refractivity contribution < 1.29 is 22.7 Å². The summed E-state index contributed by atoms with van der Waals surface area (Å²) in [5.41, 5.74) is 2.66. The number of thiophene rings is 1. The predicted octanol–water partition coefficient (Wildman–Crippen LogP) is 3.82. The summed E-state index contributed by atoms with van der Waals surface area (Å²) in [6.07, 6.45) is 0.140. The number of rotatable bonds is 7. The second-order valence-electron chi connectivity index (χ2n) is 7.69. The molecule has 0 saturated carbocycles. The monoisotopic (exact) mass is 484 g/mol. The Balaban J connectivity index is 1.48. The van der Waals surface area contributed by atoms with E-state index in [0.29, 0.717) is 42.4 Å². The summed E-state index contributed by atoms with van der Waals surface area (Å²) in [4.78, 5) is 26.7. The van der Waals surface area contributed by atoms with E-state index in [2.05, 4.69) is 4.72 Å². The number of benzene rings is 2. The molecule has 0 aliphatic carbocycles. The molecule has 2 heterocycles. The van der Waals surface area contributed by atoms with Crippen molar-refractivity contribution in [3.63, 3.8) is 0 Å². The zero-order valence-electron chi connectivity index (χ0n) is 18.1. The number of morpholine rings is 1. The lowest BCUT2D eigenvalue weighted by atomic mass is 10.0. The van der Waals surface area contributed by atoms with Crippen molar-refractivity contribution >= 4 is 38.7 Å². The van der Waals surface area contributed by atoms with Gasteiger partial charge in [0.15, 0.2) is 5.78 Å². The minimum atomic E-state index is -3.83. The highest BCUT2D eigenvalue weighted by molar-refractivity contribution is 7.92. The molecule has 0 bridgehead atoms. The summed E-state index contributed by atoms with van der Waals surface area (Å²) in [7, 11) is -3.83. The molecule has 1 fully saturated rings. The van der Waals surface area contributed by atoms with Gasteiger partial charge in [0.25, 0.3) is 10.0 Å². The van der Waals surface area contributed by atoms with Crippen molar-refractivity contribution in [2.45, 2.75) is 18.2 Å². The molecule has 33 heavy (non-hydrogen) atoms. The normalized spacial score (nSPS) is 14.2. The third-order valence-electron chi connectivity index (χ3n) is 5.43. The molecule has 1 saturated heterocycles. The number of ether oxygens (including phenoxy) is 1. The highest BCUT2D eigenvalue weighted by atomic mass is 32.2. The fraction of sp³-hybridized carbons (Fsp3) is 0.250. The fourth-order valence-corrected chi connectivity index (χ4v) is 5.56. The van der Waals surface area contributed by atoms with Gasteiger partial charge in [0.05, 0.1) is 30.2 Å². The van der Waals surface area contributed by atoms with Gasteiger partial charge in [-0.05, 0) is 47.7 Å². The molecule has 2 aromatic carbocycles.